The minimum absolute atomic E-state index is 0.0748. The highest BCUT2D eigenvalue weighted by molar-refractivity contribution is 5.70. The zero-order valence-electron chi connectivity index (χ0n) is 10.9. The van der Waals surface area contributed by atoms with Crippen LogP contribution in [0.3, 0.4) is 0 Å². The third kappa shape index (κ3) is 3.76. The summed E-state index contributed by atoms with van der Waals surface area (Å²) in [5.41, 5.74) is 0.0359. The van der Waals surface area contributed by atoms with Crippen LogP contribution in [0, 0.1) is 17.0 Å². The molecule has 0 saturated carbocycles. The molecule has 0 aliphatic heterocycles. The van der Waals surface area contributed by atoms with Crippen molar-refractivity contribution in [1.82, 2.24) is 9.97 Å². The van der Waals surface area contributed by atoms with E-state index in [2.05, 4.69) is 25.3 Å². The van der Waals surface area contributed by atoms with Gasteiger partial charge in [-0.1, -0.05) is 0 Å². The number of aryl methyl sites for hydroxylation is 1. The first kappa shape index (κ1) is 14.6. The Morgan fingerprint density at radius 1 is 1.47 bits per heavy atom. The van der Waals surface area contributed by atoms with Crippen LogP contribution in [0.15, 0.2) is 0 Å². The lowest BCUT2D eigenvalue weighted by Gasteiger charge is -2.08. The maximum absolute atomic E-state index is 11.0. The molecule has 1 heterocycles. The number of carbonyl (C=O) groups excluding carboxylic acids is 1. The Labute approximate surface area is 109 Å². The number of methoxy groups -OCH3 is 1. The zero-order valence-corrected chi connectivity index (χ0v) is 10.9. The highest BCUT2D eigenvalue weighted by Crippen LogP contribution is 2.26. The second-order valence-corrected chi connectivity index (χ2v) is 3.59. The number of aromatic nitrogens is 2. The smallest absolute Gasteiger partial charge is 0.332 e. The summed E-state index contributed by atoms with van der Waals surface area (Å²) in [6.07, 6.45) is 0.0889. The fourth-order valence-electron chi connectivity index (χ4n) is 1.41. The molecular formula is C10H15N5O4. The van der Waals surface area contributed by atoms with Crippen molar-refractivity contribution >= 4 is 23.4 Å². The fraction of sp³-hybridized carbons (Fsp3) is 0.500. The Balaban J connectivity index is 2.93. The van der Waals surface area contributed by atoms with Crippen LogP contribution >= 0.6 is 0 Å². The second-order valence-electron chi connectivity index (χ2n) is 3.59. The number of nitro groups is 1. The molecule has 9 heteroatoms. The monoisotopic (exact) mass is 269 g/mol. The Morgan fingerprint density at radius 2 is 2.16 bits per heavy atom. The van der Waals surface area contributed by atoms with Crippen LogP contribution in [0.2, 0.25) is 0 Å². The van der Waals surface area contributed by atoms with E-state index in [4.69, 9.17) is 0 Å². The summed E-state index contributed by atoms with van der Waals surface area (Å²) >= 11 is 0. The number of nitrogens with one attached hydrogen (secondary N) is 2. The number of rotatable bonds is 6. The van der Waals surface area contributed by atoms with Crippen molar-refractivity contribution < 1.29 is 14.5 Å². The average Bonchev–Trinajstić information content (AvgIpc) is 2.37. The van der Waals surface area contributed by atoms with Gasteiger partial charge in [-0.15, -0.1) is 0 Å². The van der Waals surface area contributed by atoms with Gasteiger partial charge >= 0.3 is 11.7 Å². The maximum Gasteiger partial charge on any atom is 0.332 e. The van der Waals surface area contributed by atoms with Crippen LogP contribution < -0.4 is 10.6 Å². The van der Waals surface area contributed by atoms with Crippen LogP contribution in [0.1, 0.15) is 12.1 Å². The molecule has 0 aliphatic carbocycles. The Bertz CT molecular complexity index is 491. The number of esters is 1. The van der Waals surface area contributed by atoms with E-state index < -0.39 is 10.9 Å². The van der Waals surface area contributed by atoms with Gasteiger partial charge in [0.2, 0.25) is 11.8 Å². The van der Waals surface area contributed by atoms with E-state index in [9.17, 15) is 14.9 Å². The number of hydrogen-bond acceptors (Lipinski definition) is 8. The van der Waals surface area contributed by atoms with Gasteiger partial charge in [0.25, 0.3) is 0 Å². The van der Waals surface area contributed by atoms with E-state index in [-0.39, 0.29) is 36.1 Å². The summed E-state index contributed by atoms with van der Waals surface area (Å²) in [4.78, 5) is 29.3. The van der Waals surface area contributed by atoms with Crippen molar-refractivity contribution in [1.29, 1.82) is 0 Å². The van der Waals surface area contributed by atoms with Crippen molar-refractivity contribution in [3.05, 3.63) is 15.8 Å². The molecule has 1 aromatic heterocycles. The molecule has 9 nitrogen and oxygen atoms in total. The van der Waals surface area contributed by atoms with Crippen LogP contribution in [0.25, 0.3) is 0 Å². The van der Waals surface area contributed by atoms with Crippen molar-refractivity contribution in [2.45, 2.75) is 13.3 Å². The minimum atomic E-state index is -0.560. The Morgan fingerprint density at radius 3 is 2.68 bits per heavy atom. The predicted octanol–water partition coefficient (Wildman–Crippen LogP) is 0.710. The van der Waals surface area contributed by atoms with Gasteiger partial charge in [0.15, 0.2) is 0 Å². The maximum atomic E-state index is 11.0. The molecule has 1 rings (SSSR count). The van der Waals surface area contributed by atoms with Gasteiger partial charge in [0, 0.05) is 13.6 Å². The first-order valence-electron chi connectivity index (χ1n) is 5.51. The lowest BCUT2D eigenvalue weighted by atomic mass is 10.3. The van der Waals surface area contributed by atoms with Gasteiger partial charge in [-0.2, -0.15) is 4.98 Å². The third-order valence-electron chi connectivity index (χ3n) is 2.31. The van der Waals surface area contributed by atoms with Gasteiger partial charge in [0.1, 0.15) is 5.69 Å². The number of nitrogens with zero attached hydrogens (tertiary/aromatic N) is 3. The first-order chi connectivity index (χ1) is 8.99. The summed E-state index contributed by atoms with van der Waals surface area (Å²) in [6.45, 7) is 1.71. The molecule has 0 saturated heterocycles. The Hall–Kier alpha value is -2.45. The van der Waals surface area contributed by atoms with Crippen molar-refractivity contribution in [3.8, 4) is 0 Å². The molecule has 0 amide bonds. The van der Waals surface area contributed by atoms with E-state index in [1.165, 1.54) is 14.0 Å². The van der Waals surface area contributed by atoms with Gasteiger partial charge < -0.3 is 15.4 Å². The van der Waals surface area contributed by atoms with E-state index >= 15 is 0 Å². The standard InChI is InChI=1S/C10H15N5O4/c1-6-8(15(17)18)9(14-10(11-2)13-6)12-5-4-7(16)19-3/h4-5H2,1-3H3,(H2,11,12,13,14). The zero-order chi connectivity index (χ0) is 14.4. The van der Waals surface area contributed by atoms with Crippen LogP contribution in [0.5, 0.6) is 0 Å². The topological polar surface area (TPSA) is 119 Å². The highest BCUT2D eigenvalue weighted by atomic mass is 16.6. The largest absolute Gasteiger partial charge is 0.469 e. The fourth-order valence-corrected chi connectivity index (χ4v) is 1.41. The molecule has 0 unspecified atom stereocenters. The third-order valence-corrected chi connectivity index (χ3v) is 2.31. The number of anilines is 2. The normalized spacial score (nSPS) is 9.84. The molecule has 0 aliphatic rings. The molecule has 1 aromatic rings. The van der Waals surface area contributed by atoms with E-state index in [0.717, 1.165) is 0 Å². The van der Waals surface area contributed by atoms with Crippen molar-refractivity contribution in [2.24, 2.45) is 0 Å². The van der Waals surface area contributed by atoms with Crippen LogP contribution in [-0.4, -0.2) is 41.6 Å². The van der Waals surface area contributed by atoms with Gasteiger partial charge in [-0.05, 0) is 6.92 Å². The molecule has 0 fully saturated rings. The van der Waals surface area contributed by atoms with Crippen LogP contribution in [0.4, 0.5) is 17.5 Å². The summed E-state index contributed by atoms with van der Waals surface area (Å²) in [5.74, 6) is -0.0656. The molecule has 0 aromatic carbocycles. The predicted molar refractivity (Wildman–Crippen MR) is 68.1 cm³/mol. The minimum Gasteiger partial charge on any atom is -0.469 e. The molecule has 104 valence electrons. The molecule has 0 radical (unpaired) electrons. The first-order valence-corrected chi connectivity index (χ1v) is 5.51. The number of carbonyl (C=O) groups is 1. The quantitative estimate of drug-likeness (QED) is 0.440. The number of ether oxygens (including phenoxy) is 1. The van der Waals surface area contributed by atoms with Crippen molar-refractivity contribution in [3.63, 3.8) is 0 Å². The molecule has 2 N–H and O–H groups in total. The van der Waals surface area contributed by atoms with Gasteiger partial charge in [0.05, 0.1) is 18.5 Å². The SMILES string of the molecule is CNc1nc(C)c([N+](=O)[O-])c(NCCC(=O)OC)n1. The Kier molecular flexibility index (Phi) is 4.98. The summed E-state index contributed by atoms with van der Waals surface area (Å²) < 4.78 is 4.48. The molecule has 0 bridgehead atoms. The summed E-state index contributed by atoms with van der Waals surface area (Å²) in [7, 11) is 2.89. The molecule has 0 atom stereocenters. The van der Waals surface area contributed by atoms with Gasteiger partial charge in [-0.25, -0.2) is 4.98 Å². The number of hydrogen-bond donors (Lipinski definition) is 2. The lowest BCUT2D eigenvalue weighted by molar-refractivity contribution is -0.385. The highest BCUT2D eigenvalue weighted by Gasteiger charge is 2.21. The van der Waals surface area contributed by atoms with Gasteiger partial charge in [-0.3, -0.25) is 14.9 Å². The molecule has 0 spiro atoms. The van der Waals surface area contributed by atoms with Crippen LogP contribution in [-0.2, 0) is 9.53 Å². The van der Waals surface area contributed by atoms with E-state index in [0.29, 0.717) is 0 Å². The van der Waals surface area contributed by atoms with Crippen molar-refractivity contribution in [2.75, 3.05) is 31.3 Å². The summed E-state index contributed by atoms with van der Waals surface area (Å²) in [6, 6.07) is 0. The summed E-state index contributed by atoms with van der Waals surface area (Å²) in [5, 5.41) is 16.4. The molecular weight excluding hydrogens is 254 g/mol. The molecule has 19 heavy (non-hydrogen) atoms. The lowest BCUT2D eigenvalue weighted by Crippen LogP contribution is -2.13. The average molecular weight is 269 g/mol. The van der Waals surface area contributed by atoms with E-state index in [1.54, 1.807) is 7.05 Å². The van der Waals surface area contributed by atoms with E-state index in [1.807, 2.05) is 0 Å². The second kappa shape index (κ2) is 6.47.